The molecule has 2 unspecified atom stereocenters. The van der Waals surface area contributed by atoms with Crippen molar-refractivity contribution in [2.45, 2.75) is 36.6 Å². The van der Waals surface area contributed by atoms with Gasteiger partial charge in [-0.1, -0.05) is 23.7 Å². The third-order valence-corrected chi connectivity index (χ3v) is 8.75. The highest BCUT2D eigenvalue weighted by molar-refractivity contribution is 7.97. The Morgan fingerprint density at radius 2 is 1.79 bits per heavy atom. The van der Waals surface area contributed by atoms with Crippen molar-refractivity contribution in [3.63, 3.8) is 0 Å². The number of anilines is 1. The minimum atomic E-state index is -5.15. The molecule has 4 rings (SSSR count). The Morgan fingerprint density at radius 1 is 1.07 bits per heavy atom. The Balaban J connectivity index is 1.80. The number of likely N-dealkylation sites (tertiary alicyclic amines) is 1. The van der Waals surface area contributed by atoms with Gasteiger partial charge in [-0.15, -0.1) is 0 Å². The van der Waals surface area contributed by atoms with Gasteiger partial charge < -0.3 is 19.1 Å². The smallest absolute Gasteiger partial charge is 0.424 e. The number of sulfonamides is 1. The fourth-order valence-electron chi connectivity index (χ4n) is 4.86. The molecule has 1 heterocycles. The van der Waals surface area contributed by atoms with Gasteiger partial charge in [-0.25, -0.2) is 8.42 Å². The van der Waals surface area contributed by atoms with E-state index in [1.165, 1.54) is 18.2 Å². The van der Waals surface area contributed by atoms with Crippen molar-refractivity contribution in [2.24, 2.45) is 0 Å². The summed E-state index contributed by atoms with van der Waals surface area (Å²) in [4.78, 5) is 1.29. The molecular weight excluding hydrogens is 614 g/mol. The van der Waals surface area contributed by atoms with E-state index in [9.17, 15) is 34.8 Å². The van der Waals surface area contributed by atoms with Crippen LogP contribution in [-0.4, -0.2) is 71.7 Å². The number of alkyl halides is 6. The zero-order valence-electron chi connectivity index (χ0n) is 22.5. The topological polar surface area (TPSA) is 77.1 Å². The van der Waals surface area contributed by atoms with Crippen LogP contribution in [0.4, 0.5) is 32.0 Å². The zero-order valence-corrected chi connectivity index (χ0v) is 24.1. The summed E-state index contributed by atoms with van der Waals surface area (Å²) in [6, 6.07) is 7.32. The van der Waals surface area contributed by atoms with Crippen molar-refractivity contribution in [2.75, 3.05) is 39.1 Å². The third kappa shape index (κ3) is 6.42. The second-order valence-corrected chi connectivity index (χ2v) is 11.9. The number of rotatable bonds is 8. The predicted molar refractivity (Wildman–Crippen MR) is 145 cm³/mol. The van der Waals surface area contributed by atoms with Gasteiger partial charge >= 0.3 is 12.4 Å². The maximum absolute atomic E-state index is 14.4. The minimum absolute atomic E-state index is 0.0431. The van der Waals surface area contributed by atoms with Crippen molar-refractivity contribution in [3.8, 4) is 5.75 Å². The first-order valence-corrected chi connectivity index (χ1v) is 14.3. The summed E-state index contributed by atoms with van der Waals surface area (Å²) in [5.74, 6) is 0.175. The fourth-order valence-corrected chi connectivity index (χ4v) is 6.33. The molecular formula is C27H27ClF6N2O5S. The lowest BCUT2D eigenvalue weighted by Crippen LogP contribution is -2.56. The second kappa shape index (κ2) is 11.7. The van der Waals surface area contributed by atoms with Crippen LogP contribution in [0.15, 0.2) is 59.5 Å². The highest BCUT2D eigenvalue weighted by Crippen LogP contribution is 2.47. The van der Waals surface area contributed by atoms with E-state index in [2.05, 4.69) is 4.72 Å². The Morgan fingerprint density at radius 3 is 2.36 bits per heavy atom. The minimum Gasteiger partial charge on any atom is -0.487 e. The largest absolute Gasteiger partial charge is 0.487 e. The molecule has 15 heteroatoms. The number of ether oxygens (including phenoxy) is 3. The number of likely N-dealkylation sites (N-methyl/N-ethyl adjacent to an activating group) is 1. The summed E-state index contributed by atoms with van der Waals surface area (Å²) in [6.45, 7) is 1.40. The van der Waals surface area contributed by atoms with Crippen molar-refractivity contribution in [1.29, 1.82) is 0 Å². The van der Waals surface area contributed by atoms with Gasteiger partial charge in [-0.05, 0) is 55.4 Å². The second-order valence-electron chi connectivity index (χ2n) is 9.86. The summed E-state index contributed by atoms with van der Waals surface area (Å²) in [5, 5.41) is 0.198. The van der Waals surface area contributed by atoms with Crippen LogP contribution in [0, 0.1) is 0 Å². The molecule has 0 aromatic heterocycles. The number of benzene rings is 2. The summed E-state index contributed by atoms with van der Waals surface area (Å²) in [5.41, 5.74) is -5.54. The Bertz CT molecular complexity index is 1490. The molecule has 1 N–H and O–H groups in total. The average Bonchev–Trinajstić information content (AvgIpc) is 3.32. The van der Waals surface area contributed by atoms with Crippen molar-refractivity contribution < 1.29 is 49.0 Å². The molecule has 42 heavy (non-hydrogen) atoms. The van der Waals surface area contributed by atoms with E-state index in [4.69, 9.17) is 25.8 Å². The van der Waals surface area contributed by atoms with Crippen LogP contribution >= 0.6 is 11.6 Å². The SMILES string of the molecule is COC1C=C(S(=O)(=O)Nc2ccc(Cl)c(O[C@@H]3CCN(C)C3)c2)C(c2cccc(C(F)(F)F)c2)=CC1(OC)C(F)(F)F. The zero-order chi connectivity index (χ0) is 31.1. The summed E-state index contributed by atoms with van der Waals surface area (Å²) < 4.78 is 129. The van der Waals surface area contributed by atoms with Gasteiger partial charge in [-0.3, -0.25) is 4.72 Å². The van der Waals surface area contributed by atoms with Gasteiger partial charge in [0.25, 0.3) is 10.0 Å². The van der Waals surface area contributed by atoms with Crippen LogP contribution in [0.2, 0.25) is 5.02 Å². The van der Waals surface area contributed by atoms with Gasteiger partial charge in [0.2, 0.25) is 5.60 Å². The van der Waals surface area contributed by atoms with E-state index in [1.807, 2.05) is 11.9 Å². The Hall–Kier alpha value is -2.78. The molecule has 2 aromatic carbocycles. The van der Waals surface area contributed by atoms with E-state index in [0.717, 1.165) is 32.9 Å². The first-order valence-electron chi connectivity index (χ1n) is 12.5. The molecule has 0 radical (unpaired) electrons. The van der Waals surface area contributed by atoms with E-state index in [-0.39, 0.29) is 22.6 Å². The summed E-state index contributed by atoms with van der Waals surface area (Å²) in [6.07, 6.45) is -10.4. The third-order valence-electron chi connectivity index (χ3n) is 7.00. The molecule has 0 spiro atoms. The lowest BCUT2D eigenvalue weighted by Gasteiger charge is -2.40. The van der Waals surface area contributed by atoms with Crippen LogP contribution in [0.3, 0.4) is 0 Å². The molecule has 1 saturated heterocycles. The Kier molecular flexibility index (Phi) is 8.97. The van der Waals surface area contributed by atoms with Gasteiger partial charge in [-0.2, -0.15) is 26.3 Å². The van der Waals surface area contributed by atoms with Crippen LogP contribution in [0.5, 0.6) is 5.75 Å². The van der Waals surface area contributed by atoms with Crippen molar-refractivity contribution >= 4 is 32.9 Å². The summed E-state index contributed by atoms with van der Waals surface area (Å²) >= 11 is 6.25. The number of nitrogens with zero attached hydrogens (tertiary/aromatic N) is 1. The average molecular weight is 641 g/mol. The van der Waals surface area contributed by atoms with E-state index < -0.39 is 55.7 Å². The summed E-state index contributed by atoms with van der Waals surface area (Å²) in [7, 11) is -1.17. The number of allylic oxidation sites excluding steroid dienone is 1. The monoisotopic (exact) mass is 640 g/mol. The van der Waals surface area contributed by atoms with Crippen molar-refractivity contribution in [1.82, 2.24) is 4.90 Å². The van der Waals surface area contributed by atoms with Gasteiger partial charge in [0.15, 0.2) is 0 Å². The number of hydrogen-bond donors (Lipinski definition) is 1. The van der Waals surface area contributed by atoms with Crippen LogP contribution in [0.25, 0.3) is 5.57 Å². The molecule has 0 amide bonds. The van der Waals surface area contributed by atoms with Gasteiger partial charge in [0.05, 0.1) is 21.2 Å². The van der Waals surface area contributed by atoms with Crippen LogP contribution in [-0.2, 0) is 25.7 Å². The normalized spacial score (nSPS) is 23.9. The maximum Gasteiger partial charge on any atom is 0.424 e. The molecule has 230 valence electrons. The van der Waals surface area contributed by atoms with Gasteiger partial charge in [0, 0.05) is 38.9 Å². The maximum atomic E-state index is 14.4. The molecule has 0 bridgehead atoms. The predicted octanol–water partition coefficient (Wildman–Crippen LogP) is 6.13. The van der Waals surface area contributed by atoms with E-state index in [1.54, 1.807) is 0 Å². The quantitative estimate of drug-likeness (QED) is 0.350. The van der Waals surface area contributed by atoms with Crippen LogP contribution < -0.4 is 9.46 Å². The molecule has 0 saturated carbocycles. The molecule has 1 fully saturated rings. The number of hydrogen-bond acceptors (Lipinski definition) is 6. The molecule has 1 aliphatic carbocycles. The highest BCUT2D eigenvalue weighted by atomic mass is 35.5. The molecule has 3 atom stereocenters. The standard InChI is InChI=1S/C27H27ClF6N2O5S/c1-36-10-9-19(15-36)41-22-12-18(7-8-21(22)28)35-42(37,38)23-13-24(39-2)25(40-3,27(32,33)34)14-20(23)16-5-4-6-17(11-16)26(29,30)31/h4-8,11-14,19,24,35H,9-10,15H2,1-3H3/t19-,24?,25?/m1/s1. The van der Waals surface area contributed by atoms with Gasteiger partial charge in [0.1, 0.15) is 18.0 Å². The first kappa shape index (κ1) is 32.1. The van der Waals surface area contributed by atoms with E-state index >= 15 is 0 Å². The lowest BCUT2D eigenvalue weighted by molar-refractivity contribution is -0.274. The number of halogens is 7. The lowest BCUT2D eigenvalue weighted by atomic mass is 9.85. The molecule has 1 aliphatic heterocycles. The highest BCUT2D eigenvalue weighted by Gasteiger charge is 2.61. The number of nitrogens with one attached hydrogen (secondary N) is 1. The fraction of sp³-hybridized carbons (Fsp3) is 0.407. The van der Waals surface area contributed by atoms with E-state index in [0.29, 0.717) is 37.3 Å². The first-order chi connectivity index (χ1) is 19.5. The molecule has 2 aliphatic rings. The Labute approximate surface area is 243 Å². The molecule has 2 aromatic rings. The number of methoxy groups -OCH3 is 2. The van der Waals surface area contributed by atoms with Crippen molar-refractivity contribution in [3.05, 3.63) is 75.7 Å². The van der Waals surface area contributed by atoms with Crippen LogP contribution in [0.1, 0.15) is 17.5 Å². The molecule has 7 nitrogen and oxygen atoms in total.